The van der Waals surface area contributed by atoms with Crippen LogP contribution < -0.4 is 0 Å². The Morgan fingerprint density at radius 3 is 2.33 bits per heavy atom. The number of benzene rings is 2. The lowest BCUT2D eigenvalue weighted by Gasteiger charge is -1.97. The Morgan fingerprint density at radius 1 is 0.958 bits per heavy atom. The van der Waals surface area contributed by atoms with Crippen molar-refractivity contribution >= 4 is 16.6 Å². The lowest BCUT2D eigenvalue weighted by atomic mass is 10.1. The number of carbonyl (C=O) groups excluding carboxylic acids is 1. The maximum absolute atomic E-state index is 12.1. The van der Waals surface area contributed by atoms with Crippen LogP contribution in [0.1, 0.15) is 35.2 Å². The molecule has 0 heterocycles. The molecule has 24 heavy (non-hydrogen) atoms. The van der Waals surface area contributed by atoms with Crippen LogP contribution in [-0.4, -0.2) is 9.99 Å². The van der Waals surface area contributed by atoms with E-state index in [1.165, 1.54) is 0 Å². The van der Waals surface area contributed by atoms with Gasteiger partial charge in [0, 0.05) is 15.9 Å². The number of carbonyl (C=O) groups is 1. The van der Waals surface area contributed by atoms with E-state index in [-0.39, 0.29) is 5.78 Å². The molecule has 0 aromatic heterocycles. The number of aryl methyl sites for hydroxylation is 1. The van der Waals surface area contributed by atoms with E-state index >= 15 is 0 Å². The summed E-state index contributed by atoms with van der Waals surface area (Å²) in [5, 5.41) is 1.74. The number of ketones is 1. The first kappa shape index (κ1) is 18.1. The zero-order valence-electron chi connectivity index (χ0n) is 13.9. The first-order valence-electron chi connectivity index (χ1n) is 8.06. The van der Waals surface area contributed by atoms with E-state index in [1.54, 1.807) is 11.5 Å². The number of hydrogen-bond acceptors (Lipinski definition) is 2. The molecule has 0 saturated carbocycles. The van der Waals surface area contributed by atoms with Crippen LogP contribution in [0, 0.1) is 6.92 Å². The number of rotatable bonds is 8. The van der Waals surface area contributed by atoms with Gasteiger partial charge in [-0.25, -0.2) is 4.21 Å². The quantitative estimate of drug-likeness (QED) is 0.375. The summed E-state index contributed by atoms with van der Waals surface area (Å²) in [6.07, 6.45) is 8.09. The van der Waals surface area contributed by atoms with Gasteiger partial charge in [0.15, 0.2) is 5.78 Å². The second-order valence-corrected chi connectivity index (χ2v) is 6.88. The summed E-state index contributed by atoms with van der Waals surface area (Å²) < 4.78 is 12.1. The smallest absolute Gasteiger partial charge is 0.185 e. The first-order chi connectivity index (χ1) is 11.7. The average Bonchev–Trinajstić information content (AvgIpc) is 2.62. The second-order valence-electron chi connectivity index (χ2n) is 5.55. The maximum atomic E-state index is 12.1. The highest BCUT2D eigenvalue weighted by Gasteiger charge is 1.99. The topological polar surface area (TPSA) is 34.1 Å². The average molecular weight is 338 g/mol. The minimum atomic E-state index is -1.08. The second kappa shape index (κ2) is 9.78. The van der Waals surface area contributed by atoms with Crippen LogP contribution in [0.5, 0.6) is 0 Å². The van der Waals surface area contributed by atoms with E-state index in [1.807, 2.05) is 73.7 Å². The maximum Gasteiger partial charge on any atom is 0.185 e. The predicted octanol–water partition coefficient (Wildman–Crippen LogP) is 5.23. The Morgan fingerprint density at radius 2 is 1.62 bits per heavy atom. The molecular formula is C21H22O2S. The number of unbranched alkanes of at least 4 members (excludes halogenated alkanes) is 2. The third-order valence-electron chi connectivity index (χ3n) is 3.54. The fourth-order valence-electron chi connectivity index (χ4n) is 2.15. The molecule has 2 nitrogen and oxygen atoms in total. The molecule has 0 amide bonds. The zero-order valence-corrected chi connectivity index (χ0v) is 14.7. The van der Waals surface area contributed by atoms with Gasteiger partial charge in [-0.3, -0.25) is 4.79 Å². The fraction of sp³-hybridized carbons (Fsp3) is 0.190. The highest BCUT2D eigenvalue weighted by Crippen LogP contribution is 2.10. The summed E-state index contributed by atoms with van der Waals surface area (Å²) >= 11 is 0. The highest BCUT2D eigenvalue weighted by molar-refractivity contribution is 7.88. The van der Waals surface area contributed by atoms with Gasteiger partial charge in [-0.05, 0) is 44.4 Å². The molecule has 0 bridgehead atoms. The first-order valence-corrected chi connectivity index (χ1v) is 9.28. The van der Waals surface area contributed by atoms with Crippen molar-refractivity contribution in [3.05, 3.63) is 89.4 Å². The molecular weight excluding hydrogens is 316 g/mol. The van der Waals surface area contributed by atoms with Crippen LogP contribution in [-0.2, 0) is 10.8 Å². The van der Waals surface area contributed by atoms with Gasteiger partial charge in [-0.15, -0.1) is 0 Å². The Labute approximate surface area is 146 Å². The molecule has 0 saturated heterocycles. The molecule has 0 aliphatic heterocycles. The highest BCUT2D eigenvalue weighted by atomic mass is 32.2. The molecule has 0 aliphatic rings. The summed E-state index contributed by atoms with van der Waals surface area (Å²) in [7, 11) is -1.08. The van der Waals surface area contributed by atoms with Crippen molar-refractivity contribution in [1.29, 1.82) is 0 Å². The standard InChI is InChI=1S/C21H22O2S/c1-18-13-15-20(16-14-18)24(23)17-9-4-2-3-8-12-21(22)19-10-6-5-7-11-19/h5-17H,2-4H2,1H3/b12-8+,17-9-. The third-order valence-corrected chi connectivity index (χ3v) is 4.72. The van der Waals surface area contributed by atoms with Crippen LogP contribution in [0.4, 0.5) is 0 Å². The molecule has 3 heteroatoms. The Bertz CT molecular complexity index is 728. The number of allylic oxidation sites excluding steroid dienone is 3. The van der Waals surface area contributed by atoms with Crippen LogP contribution in [0.15, 0.2) is 83.1 Å². The molecule has 2 aromatic rings. The van der Waals surface area contributed by atoms with Gasteiger partial charge < -0.3 is 0 Å². The van der Waals surface area contributed by atoms with E-state index in [4.69, 9.17) is 0 Å². The zero-order chi connectivity index (χ0) is 17.2. The molecule has 2 rings (SSSR count). The van der Waals surface area contributed by atoms with Gasteiger partial charge >= 0.3 is 0 Å². The predicted molar refractivity (Wildman–Crippen MR) is 100 cm³/mol. The minimum absolute atomic E-state index is 0.0339. The molecule has 2 aromatic carbocycles. The normalized spacial score (nSPS) is 12.7. The van der Waals surface area contributed by atoms with Gasteiger partial charge in [0.05, 0.1) is 10.8 Å². The summed E-state index contributed by atoms with van der Waals surface area (Å²) in [4.78, 5) is 12.7. The van der Waals surface area contributed by atoms with Crippen molar-refractivity contribution in [2.45, 2.75) is 31.1 Å². The van der Waals surface area contributed by atoms with Gasteiger partial charge in [0.25, 0.3) is 0 Å². The molecule has 1 unspecified atom stereocenters. The van der Waals surface area contributed by atoms with E-state index in [0.717, 1.165) is 29.7 Å². The lowest BCUT2D eigenvalue weighted by molar-refractivity contribution is 0.104. The van der Waals surface area contributed by atoms with Crippen molar-refractivity contribution < 1.29 is 9.00 Å². The fourth-order valence-corrected chi connectivity index (χ4v) is 3.02. The Kier molecular flexibility index (Phi) is 7.37. The summed E-state index contributed by atoms with van der Waals surface area (Å²) in [6.45, 7) is 2.01. The Balaban J connectivity index is 1.69. The van der Waals surface area contributed by atoms with Crippen LogP contribution in [0.2, 0.25) is 0 Å². The number of hydrogen-bond donors (Lipinski definition) is 0. The largest absolute Gasteiger partial charge is 0.289 e. The lowest BCUT2D eigenvalue weighted by Crippen LogP contribution is -1.92. The van der Waals surface area contributed by atoms with Gasteiger partial charge in [0.2, 0.25) is 0 Å². The monoisotopic (exact) mass is 338 g/mol. The van der Waals surface area contributed by atoms with E-state index in [9.17, 15) is 9.00 Å². The van der Waals surface area contributed by atoms with Crippen LogP contribution in [0.3, 0.4) is 0 Å². The van der Waals surface area contributed by atoms with Crippen LogP contribution in [0.25, 0.3) is 0 Å². The van der Waals surface area contributed by atoms with Crippen molar-refractivity contribution in [1.82, 2.24) is 0 Å². The third kappa shape index (κ3) is 6.09. The SMILES string of the molecule is Cc1ccc(S(=O)/C=C\CCC/C=C/C(=O)c2ccccc2)cc1. The molecule has 124 valence electrons. The summed E-state index contributed by atoms with van der Waals surface area (Å²) in [6, 6.07) is 17.0. The molecule has 0 spiro atoms. The molecule has 0 aliphatic carbocycles. The molecule has 0 N–H and O–H groups in total. The van der Waals surface area contributed by atoms with Crippen molar-refractivity contribution in [3.63, 3.8) is 0 Å². The van der Waals surface area contributed by atoms with Gasteiger partial charge in [0.1, 0.15) is 0 Å². The molecule has 0 fully saturated rings. The Hall–Kier alpha value is -2.26. The van der Waals surface area contributed by atoms with Gasteiger partial charge in [-0.1, -0.05) is 60.2 Å². The van der Waals surface area contributed by atoms with E-state index in [2.05, 4.69) is 0 Å². The minimum Gasteiger partial charge on any atom is -0.289 e. The van der Waals surface area contributed by atoms with Crippen molar-refractivity contribution in [3.8, 4) is 0 Å². The summed E-state index contributed by atoms with van der Waals surface area (Å²) in [5.74, 6) is 0.0339. The van der Waals surface area contributed by atoms with E-state index in [0.29, 0.717) is 5.56 Å². The van der Waals surface area contributed by atoms with E-state index < -0.39 is 10.8 Å². The van der Waals surface area contributed by atoms with Crippen molar-refractivity contribution in [2.75, 3.05) is 0 Å². The molecule has 1 atom stereocenters. The summed E-state index contributed by atoms with van der Waals surface area (Å²) in [5.41, 5.74) is 1.87. The van der Waals surface area contributed by atoms with Gasteiger partial charge in [-0.2, -0.15) is 0 Å². The van der Waals surface area contributed by atoms with Crippen molar-refractivity contribution in [2.24, 2.45) is 0 Å². The van der Waals surface area contributed by atoms with Crippen LogP contribution >= 0.6 is 0 Å². The molecule has 0 radical (unpaired) electrons.